The average molecular weight is 282 g/mol. The van der Waals surface area contributed by atoms with Gasteiger partial charge in [-0.1, -0.05) is 0 Å². The van der Waals surface area contributed by atoms with Gasteiger partial charge in [-0.2, -0.15) is 5.26 Å². The molecule has 0 fully saturated rings. The number of nitriles is 1. The minimum atomic E-state index is -3.51. The lowest BCUT2D eigenvalue weighted by atomic mass is 10.2. The summed E-state index contributed by atoms with van der Waals surface area (Å²) >= 11 is 0. The topological polar surface area (TPSA) is 70.4 Å². The molecule has 0 radical (unpaired) electrons. The van der Waals surface area contributed by atoms with Crippen LogP contribution in [0.4, 0.5) is 0 Å². The van der Waals surface area contributed by atoms with Gasteiger partial charge in [0.05, 0.1) is 16.5 Å². The average Bonchev–Trinajstić information content (AvgIpc) is 2.38. The molecule has 0 aliphatic heterocycles. The van der Waals surface area contributed by atoms with Gasteiger partial charge in [-0.15, -0.1) is 0 Å². The molecule has 0 N–H and O–H groups in total. The predicted octanol–water partition coefficient (Wildman–Crippen LogP) is 1.52. The lowest BCUT2D eigenvalue weighted by Crippen LogP contribution is -2.29. The van der Waals surface area contributed by atoms with Gasteiger partial charge >= 0.3 is 0 Å². The number of aryl methyl sites for hydroxylation is 1. The summed E-state index contributed by atoms with van der Waals surface area (Å²) in [5.41, 5.74) is 1.04. The first-order chi connectivity index (χ1) is 8.93. The third-order valence-electron chi connectivity index (χ3n) is 2.81. The summed E-state index contributed by atoms with van der Waals surface area (Å²) in [6.45, 7) is 2.61. The van der Waals surface area contributed by atoms with Crippen LogP contribution in [0, 0.1) is 18.3 Å². The van der Waals surface area contributed by atoms with Gasteiger partial charge in [-0.05, 0) is 37.1 Å². The fourth-order valence-corrected chi connectivity index (χ4v) is 3.14. The van der Waals surface area contributed by atoms with Gasteiger partial charge in [-0.3, -0.25) is 0 Å². The first-order valence-electron chi connectivity index (χ1n) is 5.89. The molecule has 6 heteroatoms. The smallest absolute Gasteiger partial charge is 0.243 e. The highest BCUT2D eigenvalue weighted by molar-refractivity contribution is 7.89. The molecule has 0 amide bonds. The van der Waals surface area contributed by atoms with E-state index in [-0.39, 0.29) is 4.90 Å². The van der Waals surface area contributed by atoms with Crippen LogP contribution in [0.15, 0.2) is 23.1 Å². The summed E-state index contributed by atoms with van der Waals surface area (Å²) in [5, 5.41) is 8.78. The third-order valence-corrected chi connectivity index (χ3v) is 4.83. The molecule has 1 aromatic rings. The van der Waals surface area contributed by atoms with E-state index in [0.29, 0.717) is 30.7 Å². The van der Waals surface area contributed by atoms with E-state index in [2.05, 4.69) is 0 Å². The van der Waals surface area contributed by atoms with Crippen molar-refractivity contribution >= 4 is 10.0 Å². The van der Waals surface area contributed by atoms with Crippen LogP contribution in [0.25, 0.3) is 0 Å². The summed E-state index contributed by atoms with van der Waals surface area (Å²) in [4.78, 5) is 0.242. The largest absolute Gasteiger partial charge is 0.385 e. The first kappa shape index (κ1) is 15.6. The molecular formula is C13H18N2O3S. The molecule has 0 spiro atoms. The molecule has 5 nitrogen and oxygen atoms in total. The normalized spacial score (nSPS) is 11.5. The monoisotopic (exact) mass is 282 g/mol. The Bertz CT molecular complexity index is 576. The van der Waals surface area contributed by atoms with E-state index in [1.54, 1.807) is 27.1 Å². The Labute approximate surface area is 114 Å². The minimum absolute atomic E-state index is 0.242. The van der Waals surface area contributed by atoms with Crippen LogP contribution in [0.1, 0.15) is 17.5 Å². The molecule has 0 unspecified atom stereocenters. The van der Waals surface area contributed by atoms with Crippen molar-refractivity contribution in [2.75, 3.05) is 27.3 Å². The molecule has 0 aromatic heterocycles. The second-order valence-electron chi connectivity index (χ2n) is 4.27. The Morgan fingerprint density at radius 2 is 2.11 bits per heavy atom. The first-order valence-corrected chi connectivity index (χ1v) is 7.33. The van der Waals surface area contributed by atoms with Crippen molar-refractivity contribution in [1.29, 1.82) is 5.26 Å². The summed E-state index contributed by atoms with van der Waals surface area (Å²) in [6, 6.07) is 6.57. The molecule has 19 heavy (non-hydrogen) atoms. The molecule has 0 aliphatic rings. The highest BCUT2D eigenvalue weighted by atomic mass is 32.2. The summed E-state index contributed by atoms with van der Waals surface area (Å²) in [7, 11) is -0.380. The van der Waals surface area contributed by atoms with Gasteiger partial charge in [0.15, 0.2) is 0 Å². The second kappa shape index (κ2) is 6.66. The van der Waals surface area contributed by atoms with Gasteiger partial charge in [-0.25, -0.2) is 12.7 Å². The van der Waals surface area contributed by atoms with Crippen LogP contribution in [0.5, 0.6) is 0 Å². The van der Waals surface area contributed by atoms with Crippen molar-refractivity contribution in [2.45, 2.75) is 18.2 Å². The lowest BCUT2D eigenvalue weighted by Gasteiger charge is -2.18. The van der Waals surface area contributed by atoms with Crippen molar-refractivity contribution in [2.24, 2.45) is 0 Å². The van der Waals surface area contributed by atoms with Crippen molar-refractivity contribution in [3.05, 3.63) is 29.3 Å². The zero-order valence-electron chi connectivity index (χ0n) is 11.4. The Kier molecular flexibility index (Phi) is 5.48. The van der Waals surface area contributed by atoms with E-state index in [0.717, 1.165) is 0 Å². The molecular weight excluding hydrogens is 264 g/mol. The molecule has 0 aliphatic carbocycles. The van der Waals surface area contributed by atoms with Gasteiger partial charge in [0.2, 0.25) is 10.0 Å². The summed E-state index contributed by atoms with van der Waals surface area (Å²) < 4.78 is 30.9. The number of benzene rings is 1. The van der Waals surface area contributed by atoms with Crippen LogP contribution in [-0.4, -0.2) is 40.0 Å². The maximum absolute atomic E-state index is 12.3. The maximum Gasteiger partial charge on any atom is 0.243 e. The molecule has 1 aromatic carbocycles. The quantitative estimate of drug-likeness (QED) is 0.742. The van der Waals surface area contributed by atoms with E-state index < -0.39 is 10.0 Å². The van der Waals surface area contributed by atoms with Crippen LogP contribution >= 0.6 is 0 Å². The van der Waals surface area contributed by atoms with Crippen LogP contribution < -0.4 is 0 Å². The number of rotatable bonds is 6. The SMILES string of the molecule is COCCCN(C)S(=O)(=O)c1ccc(C#N)cc1C. The van der Waals surface area contributed by atoms with Gasteiger partial charge in [0.1, 0.15) is 0 Å². The van der Waals surface area contributed by atoms with E-state index in [1.807, 2.05) is 6.07 Å². The molecule has 0 bridgehead atoms. The summed E-state index contributed by atoms with van der Waals surface area (Å²) in [5.74, 6) is 0. The number of hydrogen-bond donors (Lipinski definition) is 0. The zero-order chi connectivity index (χ0) is 14.5. The van der Waals surface area contributed by atoms with Crippen LogP contribution in [0.3, 0.4) is 0 Å². The molecule has 0 atom stereocenters. The van der Waals surface area contributed by atoms with Crippen molar-refractivity contribution in [1.82, 2.24) is 4.31 Å². The number of sulfonamides is 1. The predicted molar refractivity (Wildman–Crippen MR) is 72.2 cm³/mol. The van der Waals surface area contributed by atoms with Gasteiger partial charge in [0.25, 0.3) is 0 Å². The fourth-order valence-electron chi connectivity index (χ4n) is 1.73. The molecule has 104 valence electrons. The second-order valence-corrected chi connectivity index (χ2v) is 6.28. The standard InChI is InChI=1S/C13H18N2O3S/c1-11-9-12(10-14)5-6-13(11)19(16,17)15(2)7-4-8-18-3/h5-6,9H,4,7-8H2,1-3H3. The van der Waals surface area contributed by atoms with E-state index in [1.165, 1.54) is 16.4 Å². The maximum atomic E-state index is 12.3. The molecule has 0 saturated heterocycles. The fraction of sp³-hybridized carbons (Fsp3) is 0.462. The highest BCUT2D eigenvalue weighted by Gasteiger charge is 2.22. The summed E-state index contributed by atoms with van der Waals surface area (Å²) in [6.07, 6.45) is 0.640. The third kappa shape index (κ3) is 3.77. The van der Waals surface area contributed by atoms with Crippen molar-refractivity contribution < 1.29 is 13.2 Å². The zero-order valence-corrected chi connectivity index (χ0v) is 12.2. The Morgan fingerprint density at radius 3 is 2.63 bits per heavy atom. The van der Waals surface area contributed by atoms with Gasteiger partial charge in [0, 0.05) is 27.3 Å². The Balaban J connectivity index is 2.97. The van der Waals surface area contributed by atoms with Crippen LogP contribution in [0.2, 0.25) is 0 Å². The van der Waals surface area contributed by atoms with E-state index in [9.17, 15) is 8.42 Å². The molecule has 0 heterocycles. The van der Waals surface area contributed by atoms with Gasteiger partial charge < -0.3 is 4.74 Å². The number of hydrogen-bond acceptors (Lipinski definition) is 4. The number of nitrogens with zero attached hydrogens (tertiary/aromatic N) is 2. The highest BCUT2D eigenvalue weighted by Crippen LogP contribution is 2.20. The number of methoxy groups -OCH3 is 1. The minimum Gasteiger partial charge on any atom is -0.385 e. The Morgan fingerprint density at radius 1 is 1.42 bits per heavy atom. The van der Waals surface area contributed by atoms with E-state index in [4.69, 9.17) is 10.00 Å². The molecule has 1 rings (SSSR count). The molecule has 0 saturated carbocycles. The van der Waals surface area contributed by atoms with Crippen molar-refractivity contribution in [3.63, 3.8) is 0 Å². The van der Waals surface area contributed by atoms with Crippen molar-refractivity contribution in [3.8, 4) is 6.07 Å². The number of ether oxygens (including phenoxy) is 1. The van der Waals surface area contributed by atoms with E-state index >= 15 is 0 Å². The Hall–Kier alpha value is -1.42. The van der Waals surface area contributed by atoms with Crippen LogP contribution in [-0.2, 0) is 14.8 Å². The lowest BCUT2D eigenvalue weighted by molar-refractivity contribution is 0.189.